The van der Waals surface area contributed by atoms with Crippen molar-refractivity contribution in [2.45, 2.75) is 18.4 Å². The van der Waals surface area contributed by atoms with Crippen LogP contribution in [-0.2, 0) is 36.2 Å². The SMILES string of the molecule is Cc1nc(S(=O)(=O)NCCC(=O)OCC(=O)N(C)CC(=O)Nc2ccccc2Cl)cn1C. The maximum absolute atomic E-state index is 12.1. The van der Waals surface area contributed by atoms with E-state index in [1.54, 1.807) is 42.8 Å². The van der Waals surface area contributed by atoms with E-state index in [-0.39, 0.29) is 24.5 Å². The summed E-state index contributed by atoms with van der Waals surface area (Å²) in [5.41, 5.74) is 0.412. The van der Waals surface area contributed by atoms with Gasteiger partial charge in [-0.1, -0.05) is 23.7 Å². The number of ether oxygens (including phenoxy) is 1. The number of para-hydroxylation sites is 1. The molecule has 1 heterocycles. The molecule has 32 heavy (non-hydrogen) atoms. The van der Waals surface area contributed by atoms with E-state index in [4.69, 9.17) is 16.3 Å². The van der Waals surface area contributed by atoms with Gasteiger partial charge in [-0.25, -0.2) is 18.1 Å². The van der Waals surface area contributed by atoms with E-state index in [1.807, 2.05) is 0 Å². The van der Waals surface area contributed by atoms with Crippen molar-refractivity contribution in [2.24, 2.45) is 7.05 Å². The van der Waals surface area contributed by atoms with Crippen LogP contribution in [-0.4, -0.2) is 67.4 Å². The number of sulfonamides is 1. The molecular formula is C19H24ClN5O6S. The molecule has 0 aliphatic carbocycles. The Bertz CT molecular complexity index is 1080. The Balaban J connectivity index is 1.72. The van der Waals surface area contributed by atoms with Crippen molar-refractivity contribution >= 4 is 45.1 Å². The number of carbonyl (C=O) groups is 3. The van der Waals surface area contributed by atoms with E-state index in [0.717, 1.165) is 4.90 Å². The van der Waals surface area contributed by atoms with E-state index in [9.17, 15) is 22.8 Å². The van der Waals surface area contributed by atoms with Crippen LogP contribution in [0.15, 0.2) is 35.5 Å². The highest BCUT2D eigenvalue weighted by atomic mass is 35.5. The number of likely N-dealkylation sites (N-methyl/N-ethyl adjacent to an activating group) is 1. The second-order valence-electron chi connectivity index (χ2n) is 6.82. The Morgan fingerprint density at radius 1 is 1.25 bits per heavy atom. The molecule has 0 radical (unpaired) electrons. The number of halogens is 1. The Morgan fingerprint density at radius 3 is 2.56 bits per heavy atom. The van der Waals surface area contributed by atoms with Crippen molar-refractivity contribution in [1.82, 2.24) is 19.2 Å². The lowest BCUT2D eigenvalue weighted by atomic mass is 10.3. The molecule has 2 rings (SSSR count). The summed E-state index contributed by atoms with van der Waals surface area (Å²) in [6.45, 7) is 0.581. The van der Waals surface area contributed by atoms with Crippen molar-refractivity contribution in [3.8, 4) is 0 Å². The molecule has 2 amide bonds. The fourth-order valence-corrected chi connectivity index (χ4v) is 3.65. The molecule has 1 aromatic carbocycles. The first-order valence-corrected chi connectivity index (χ1v) is 11.3. The van der Waals surface area contributed by atoms with E-state index >= 15 is 0 Å². The van der Waals surface area contributed by atoms with Crippen LogP contribution in [0.1, 0.15) is 12.2 Å². The molecule has 1 aromatic heterocycles. The molecule has 0 fully saturated rings. The third kappa shape index (κ3) is 7.32. The van der Waals surface area contributed by atoms with Gasteiger partial charge in [0.1, 0.15) is 5.82 Å². The summed E-state index contributed by atoms with van der Waals surface area (Å²) in [6.07, 6.45) is 1.07. The van der Waals surface area contributed by atoms with Gasteiger partial charge in [0.2, 0.25) is 5.91 Å². The minimum atomic E-state index is -3.86. The molecule has 0 bridgehead atoms. The topological polar surface area (TPSA) is 140 Å². The lowest BCUT2D eigenvalue weighted by Gasteiger charge is -2.17. The maximum atomic E-state index is 12.1. The summed E-state index contributed by atoms with van der Waals surface area (Å²) >= 11 is 5.96. The quantitative estimate of drug-likeness (QED) is 0.472. The summed E-state index contributed by atoms with van der Waals surface area (Å²) in [4.78, 5) is 40.9. The van der Waals surface area contributed by atoms with Gasteiger partial charge in [0, 0.05) is 26.8 Å². The van der Waals surface area contributed by atoms with Crippen LogP contribution in [0.4, 0.5) is 5.69 Å². The maximum Gasteiger partial charge on any atom is 0.307 e. The smallest absolute Gasteiger partial charge is 0.307 e. The average Bonchev–Trinajstić information content (AvgIpc) is 3.07. The van der Waals surface area contributed by atoms with E-state index in [2.05, 4.69) is 15.0 Å². The van der Waals surface area contributed by atoms with Crippen LogP contribution >= 0.6 is 11.6 Å². The first-order chi connectivity index (χ1) is 15.0. The largest absolute Gasteiger partial charge is 0.456 e. The highest BCUT2D eigenvalue weighted by molar-refractivity contribution is 7.89. The van der Waals surface area contributed by atoms with Gasteiger partial charge in [-0.15, -0.1) is 0 Å². The summed E-state index contributed by atoms with van der Waals surface area (Å²) < 4.78 is 32.9. The Kier molecular flexibility index (Phi) is 8.75. The first-order valence-electron chi connectivity index (χ1n) is 9.43. The van der Waals surface area contributed by atoms with Crippen molar-refractivity contribution in [1.29, 1.82) is 0 Å². The van der Waals surface area contributed by atoms with Gasteiger partial charge in [0.05, 0.1) is 23.7 Å². The highest BCUT2D eigenvalue weighted by Gasteiger charge is 2.19. The van der Waals surface area contributed by atoms with Crippen LogP contribution in [0.2, 0.25) is 5.02 Å². The molecule has 0 spiro atoms. The predicted octanol–water partition coefficient (Wildman–Crippen LogP) is 0.691. The highest BCUT2D eigenvalue weighted by Crippen LogP contribution is 2.20. The number of nitrogens with zero attached hydrogens (tertiary/aromatic N) is 3. The van der Waals surface area contributed by atoms with Gasteiger partial charge in [0.15, 0.2) is 11.6 Å². The van der Waals surface area contributed by atoms with E-state index in [0.29, 0.717) is 16.5 Å². The number of nitrogens with one attached hydrogen (secondary N) is 2. The number of benzene rings is 1. The monoisotopic (exact) mass is 485 g/mol. The van der Waals surface area contributed by atoms with Gasteiger partial charge in [-0.2, -0.15) is 0 Å². The lowest BCUT2D eigenvalue weighted by Crippen LogP contribution is -2.37. The Morgan fingerprint density at radius 2 is 1.94 bits per heavy atom. The molecule has 13 heteroatoms. The van der Waals surface area contributed by atoms with E-state index in [1.165, 1.54) is 13.2 Å². The van der Waals surface area contributed by atoms with Crippen molar-refractivity contribution in [3.63, 3.8) is 0 Å². The zero-order chi connectivity index (χ0) is 23.9. The van der Waals surface area contributed by atoms with E-state index < -0.39 is 34.4 Å². The molecule has 2 aromatic rings. The molecule has 0 saturated heterocycles. The fourth-order valence-electron chi connectivity index (χ4n) is 2.40. The number of amides is 2. The van der Waals surface area contributed by atoms with Crippen molar-refractivity contribution in [2.75, 3.05) is 32.1 Å². The molecule has 0 unspecified atom stereocenters. The van der Waals surface area contributed by atoms with Crippen molar-refractivity contribution in [3.05, 3.63) is 41.3 Å². The number of aromatic nitrogens is 2. The number of carbonyl (C=O) groups excluding carboxylic acids is 3. The fraction of sp³-hybridized carbons (Fsp3) is 0.368. The minimum Gasteiger partial charge on any atom is -0.456 e. The Hall–Kier alpha value is -2.96. The molecule has 2 N–H and O–H groups in total. The standard InChI is InChI=1S/C19H24ClN5O6S/c1-13-22-17(11-24(13)2)32(29,30)21-9-8-19(28)31-12-18(27)25(3)10-16(26)23-15-7-5-4-6-14(15)20/h4-7,11,21H,8-10,12H2,1-3H3,(H,23,26). The van der Waals surface area contributed by atoms with Crippen LogP contribution < -0.4 is 10.0 Å². The summed E-state index contributed by atoms with van der Waals surface area (Å²) in [5, 5.41) is 2.78. The second kappa shape index (κ2) is 11.1. The van der Waals surface area contributed by atoms with Gasteiger partial charge in [-0.3, -0.25) is 14.4 Å². The Labute approximate surface area is 190 Å². The molecular weight excluding hydrogens is 462 g/mol. The number of imidazole rings is 1. The number of esters is 1. The number of anilines is 1. The van der Waals surface area contributed by atoms with Gasteiger partial charge < -0.3 is 19.5 Å². The van der Waals surface area contributed by atoms with Gasteiger partial charge >= 0.3 is 5.97 Å². The van der Waals surface area contributed by atoms with Crippen LogP contribution in [0, 0.1) is 6.92 Å². The lowest BCUT2D eigenvalue weighted by molar-refractivity contribution is -0.151. The molecule has 0 atom stereocenters. The zero-order valence-corrected chi connectivity index (χ0v) is 19.4. The number of hydrogen-bond donors (Lipinski definition) is 2. The minimum absolute atomic E-state index is 0.155. The average molecular weight is 486 g/mol. The molecule has 0 saturated carbocycles. The molecule has 0 aliphatic heterocycles. The van der Waals surface area contributed by atoms with Crippen LogP contribution in [0.3, 0.4) is 0 Å². The molecule has 11 nitrogen and oxygen atoms in total. The first kappa shape index (κ1) is 25.3. The summed E-state index contributed by atoms with van der Waals surface area (Å²) in [5.74, 6) is -1.32. The summed E-state index contributed by atoms with van der Waals surface area (Å²) in [7, 11) is -0.823. The van der Waals surface area contributed by atoms with Gasteiger partial charge in [-0.05, 0) is 19.1 Å². The third-order valence-electron chi connectivity index (χ3n) is 4.29. The van der Waals surface area contributed by atoms with Gasteiger partial charge in [0.25, 0.3) is 15.9 Å². The normalized spacial score (nSPS) is 11.1. The van der Waals surface area contributed by atoms with Crippen LogP contribution in [0.5, 0.6) is 0 Å². The molecule has 0 aliphatic rings. The number of aryl methyl sites for hydroxylation is 2. The van der Waals surface area contributed by atoms with Crippen LogP contribution in [0.25, 0.3) is 0 Å². The number of hydrogen-bond acceptors (Lipinski definition) is 7. The third-order valence-corrected chi connectivity index (χ3v) is 5.96. The molecule has 174 valence electrons. The summed E-state index contributed by atoms with van der Waals surface area (Å²) in [6, 6.07) is 6.65. The number of rotatable bonds is 10. The predicted molar refractivity (Wildman–Crippen MR) is 116 cm³/mol. The second-order valence-corrected chi connectivity index (χ2v) is 8.94. The zero-order valence-electron chi connectivity index (χ0n) is 17.8. The van der Waals surface area contributed by atoms with Crippen molar-refractivity contribution < 1.29 is 27.5 Å².